The van der Waals surface area contributed by atoms with Crippen molar-refractivity contribution in [1.29, 1.82) is 0 Å². The summed E-state index contributed by atoms with van der Waals surface area (Å²) in [6.07, 6.45) is 2.37. The molecule has 0 radical (unpaired) electrons. The molecule has 5 nitrogen and oxygen atoms in total. The van der Waals surface area contributed by atoms with Gasteiger partial charge < -0.3 is 5.73 Å². The van der Waals surface area contributed by atoms with E-state index in [1.807, 2.05) is 30.3 Å². The number of aldehydes is 1. The number of carbonyl (C=O) groups is 1. The van der Waals surface area contributed by atoms with Crippen LogP contribution in [-0.2, 0) is 0 Å². The molecule has 29 heavy (non-hydrogen) atoms. The summed E-state index contributed by atoms with van der Waals surface area (Å²) in [5.41, 5.74) is 9.63. The molecule has 3 aromatic carbocycles. The summed E-state index contributed by atoms with van der Waals surface area (Å²) in [6.45, 7) is 0. The number of aromatic nitrogens is 1. The van der Waals surface area contributed by atoms with Gasteiger partial charge in [-0.3, -0.25) is 9.78 Å². The van der Waals surface area contributed by atoms with Gasteiger partial charge in [0.15, 0.2) is 6.29 Å². The summed E-state index contributed by atoms with van der Waals surface area (Å²) in [6, 6.07) is 17.8. The third-order valence-corrected chi connectivity index (χ3v) is 5.00. The van der Waals surface area contributed by atoms with E-state index in [4.69, 9.17) is 28.9 Å². The van der Waals surface area contributed by atoms with E-state index in [0.29, 0.717) is 38.4 Å². The van der Waals surface area contributed by atoms with Crippen LogP contribution in [0.4, 0.5) is 17.1 Å². The molecule has 142 valence electrons. The number of azo groups is 1. The maximum Gasteiger partial charge on any atom is 0.150 e. The van der Waals surface area contributed by atoms with Gasteiger partial charge in [-0.2, -0.15) is 0 Å². The fraction of sp³-hybridized carbons (Fsp3) is 0. The molecule has 4 aromatic rings. The van der Waals surface area contributed by atoms with Crippen LogP contribution in [0.5, 0.6) is 0 Å². The van der Waals surface area contributed by atoms with Gasteiger partial charge in [-0.1, -0.05) is 47.5 Å². The number of halogens is 2. The highest BCUT2D eigenvalue weighted by Crippen LogP contribution is 2.34. The maximum atomic E-state index is 11.4. The maximum absolute atomic E-state index is 11.4. The molecule has 0 aliphatic heterocycles. The summed E-state index contributed by atoms with van der Waals surface area (Å²) >= 11 is 12.2. The van der Waals surface area contributed by atoms with Crippen LogP contribution >= 0.6 is 23.2 Å². The van der Waals surface area contributed by atoms with Gasteiger partial charge in [0.2, 0.25) is 0 Å². The lowest BCUT2D eigenvalue weighted by Gasteiger charge is -2.07. The first kappa shape index (κ1) is 19.1. The first-order chi connectivity index (χ1) is 14.1. The van der Waals surface area contributed by atoms with Crippen molar-refractivity contribution in [2.24, 2.45) is 10.2 Å². The molecule has 0 saturated heterocycles. The first-order valence-electron chi connectivity index (χ1n) is 8.66. The molecule has 1 heterocycles. The topological polar surface area (TPSA) is 80.7 Å². The molecule has 7 heteroatoms. The quantitative estimate of drug-likeness (QED) is 0.218. The van der Waals surface area contributed by atoms with Crippen LogP contribution in [0.25, 0.3) is 22.0 Å². The fourth-order valence-corrected chi connectivity index (χ4v) is 3.51. The standard InChI is InChI=1S/C22H14Cl2N4O/c23-14-5-7-18(19(24)10-14)20-8-6-15(11-26-20)27-28-21-9-13(12-29)16-3-1-2-4-17(16)22(21)25/h1-12H,25H2. The Kier molecular flexibility index (Phi) is 5.25. The van der Waals surface area contributed by atoms with E-state index in [9.17, 15) is 4.79 Å². The Morgan fingerprint density at radius 3 is 2.41 bits per heavy atom. The smallest absolute Gasteiger partial charge is 0.150 e. The van der Waals surface area contributed by atoms with E-state index < -0.39 is 0 Å². The van der Waals surface area contributed by atoms with Gasteiger partial charge in [0.1, 0.15) is 11.4 Å². The van der Waals surface area contributed by atoms with Crippen molar-refractivity contribution in [3.05, 3.63) is 82.5 Å². The van der Waals surface area contributed by atoms with Gasteiger partial charge in [-0.15, -0.1) is 10.2 Å². The van der Waals surface area contributed by atoms with Gasteiger partial charge in [0, 0.05) is 21.5 Å². The largest absolute Gasteiger partial charge is 0.396 e. The lowest BCUT2D eigenvalue weighted by molar-refractivity contribution is 0.112. The van der Waals surface area contributed by atoms with Crippen LogP contribution in [0.3, 0.4) is 0 Å². The van der Waals surface area contributed by atoms with Crippen molar-refractivity contribution < 1.29 is 4.79 Å². The van der Waals surface area contributed by atoms with Crippen molar-refractivity contribution in [2.75, 3.05) is 5.73 Å². The number of pyridine rings is 1. The molecule has 2 N–H and O–H groups in total. The summed E-state index contributed by atoms with van der Waals surface area (Å²) in [7, 11) is 0. The van der Waals surface area contributed by atoms with Gasteiger partial charge in [-0.25, -0.2) is 0 Å². The first-order valence-corrected chi connectivity index (χ1v) is 9.42. The monoisotopic (exact) mass is 420 g/mol. The van der Waals surface area contributed by atoms with Crippen molar-refractivity contribution >= 4 is 57.3 Å². The Bertz CT molecular complexity index is 1250. The van der Waals surface area contributed by atoms with E-state index >= 15 is 0 Å². The SMILES string of the molecule is Nc1c(N=Nc2ccc(-c3ccc(Cl)cc3Cl)nc2)cc(C=O)c2ccccc12. The van der Waals surface area contributed by atoms with E-state index in [2.05, 4.69) is 15.2 Å². The molecular formula is C22H14Cl2N4O. The third-order valence-electron chi connectivity index (χ3n) is 4.45. The number of hydrogen-bond donors (Lipinski definition) is 1. The molecule has 4 rings (SSSR count). The molecule has 1 aromatic heterocycles. The molecule has 0 spiro atoms. The molecule has 0 saturated carbocycles. The summed E-state index contributed by atoms with van der Waals surface area (Å²) in [4.78, 5) is 15.8. The molecule has 0 aliphatic carbocycles. The lowest BCUT2D eigenvalue weighted by Crippen LogP contribution is -1.92. The number of benzene rings is 3. The Labute approximate surface area is 176 Å². The number of nitrogens with two attached hydrogens (primary N) is 1. The summed E-state index contributed by atoms with van der Waals surface area (Å²) in [5.74, 6) is 0. The second-order valence-electron chi connectivity index (χ2n) is 6.29. The lowest BCUT2D eigenvalue weighted by atomic mass is 10.0. The number of hydrogen-bond acceptors (Lipinski definition) is 5. The predicted octanol–water partition coefficient (Wildman–Crippen LogP) is 7.02. The number of rotatable bonds is 4. The molecule has 0 atom stereocenters. The van der Waals surface area contributed by atoms with Gasteiger partial charge in [0.25, 0.3) is 0 Å². The van der Waals surface area contributed by atoms with Crippen LogP contribution < -0.4 is 5.73 Å². The summed E-state index contributed by atoms with van der Waals surface area (Å²) < 4.78 is 0. The number of nitrogen functional groups attached to an aromatic ring is 1. The van der Waals surface area contributed by atoms with Crippen molar-refractivity contribution in [1.82, 2.24) is 4.98 Å². The fourth-order valence-electron chi connectivity index (χ4n) is 3.00. The predicted molar refractivity (Wildman–Crippen MR) is 118 cm³/mol. The van der Waals surface area contributed by atoms with E-state index in [0.717, 1.165) is 22.6 Å². The highest BCUT2D eigenvalue weighted by Gasteiger charge is 2.09. The highest BCUT2D eigenvalue weighted by molar-refractivity contribution is 6.36. The molecule has 0 fully saturated rings. The van der Waals surface area contributed by atoms with Crippen LogP contribution in [0.1, 0.15) is 10.4 Å². The van der Waals surface area contributed by atoms with Crippen molar-refractivity contribution in [3.8, 4) is 11.3 Å². The average molecular weight is 421 g/mol. The second kappa shape index (κ2) is 7.99. The molecule has 0 bridgehead atoms. The zero-order chi connectivity index (χ0) is 20.4. The number of fused-ring (bicyclic) bond motifs is 1. The molecule has 0 amide bonds. The average Bonchev–Trinajstić information content (AvgIpc) is 2.74. The molecule has 0 unspecified atom stereocenters. The van der Waals surface area contributed by atoms with Crippen LogP contribution in [-0.4, -0.2) is 11.3 Å². The van der Waals surface area contributed by atoms with Crippen LogP contribution in [0.2, 0.25) is 10.0 Å². The van der Waals surface area contributed by atoms with Crippen LogP contribution in [0, 0.1) is 0 Å². The van der Waals surface area contributed by atoms with E-state index in [-0.39, 0.29) is 0 Å². The minimum Gasteiger partial charge on any atom is -0.396 e. The summed E-state index contributed by atoms with van der Waals surface area (Å²) in [5, 5.41) is 11.1. The van der Waals surface area contributed by atoms with Gasteiger partial charge in [0.05, 0.1) is 22.6 Å². The van der Waals surface area contributed by atoms with Crippen LogP contribution in [0.15, 0.2) is 77.1 Å². The van der Waals surface area contributed by atoms with Gasteiger partial charge >= 0.3 is 0 Å². The number of carbonyl (C=O) groups excluding carboxylic acids is 1. The number of anilines is 1. The van der Waals surface area contributed by atoms with Crippen molar-refractivity contribution in [2.45, 2.75) is 0 Å². The van der Waals surface area contributed by atoms with E-state index in [1.54, 1.807) is 36.5 Å². The minimum atomic E-state index is 0.427. The second-order valence-corrected chi connectivity index (χ2v) is 7.13. The minimum absolute atomic E-state index is 0.427. The third kappa shape index (κ3) is 3.83. The molecule has 0 aliphatic rings. The highest BCUT2D eigenvalue weighted by atomic mass is 35.5. The van der Waals surface area contributed by atoms with Crippen molar-refractivity contribution in [3.63, 3.8) is 0 Å². The Morgan fingerprint density at radius 2 is 1.72 bits per heavy atom. The zero-order valence-corrected chi connectivity index (χ0v) is 16.5. The van der Waals surface area contributed by atoms with E-state index in [1.165, 1.54) is 0 Å². The molecular weight excluding hydrogens is 407 g/mol. The number of nitrogens with zero attached hydrogens (tertiary/aromatic N) is 3. The van der Waals surface area contributed by atoms with Gasteiger partial charge in [-0.05, 0) is 41.8 Å². The Hall–Kier alpha value is -3.28. The normalized spacial score (nSPS) is 11.2. The Morgan fingerprint density at radius 1 is 0.931 bits per heavy atom. The zero-order valence-electron chi connectivity index (χ0n) is 15.0. The Balaban J connectivity index is 1.66.